The van der Waals surface area contributed by atoms with Gasteiger partial charge in [0, 0.05) is 6.42 Å². The number of aliphatic hydroxyl groups is 1. The zero-order valence-corrected chi connectivity index (χ0v) is 7.26. The topological polar surface area (TPSA) is 37.3 Å². The van der Waals surface area contributed by atoms with Crippen molar-refractivity contribution in [3.05, 3.63) is 11.6 Å². The zero-order chi connectivity index (χ0) is 8.69. The second-order valence-electron chi connectivity index (χ2n) is 2.67. The van der Waals surface area contributed by atoms with Crippen molar-refractivity contribution in [2.24, 2.45) is 0 Å². The van der Waals surface area contributed by atoms with Crippen LogP contribution in [-0.4, -0.2) is 17.5 Å². The Hall–Kier alpha value is -0.630. The summed E-state index contributed by atoms with van der Waals surface area (Å²) >= 11 is 0. The largest absolute Gasteiger partial charge is 0.392 e. The fourth-order valence-corrected chi connectivity index (χ4v) is 1.03. The second kappa shape index (κ2) is 6.10. The second-order valence-corrected chi connectivity index (χ2v) is 2.67. The van der Waals surface area contributed by atoms with Gasteiger partial charge in [-0.1, -0.05) is 25.0 Å². The van der Waals surface area contributed by atoms with Crippen LogP contribution in [0, 0.1) is 0 Å². The van der Waals surface area contributed by atoms with Gasteiger partial charge >= 0.3 is 0 Å². The molecule has 0 aliphatic heterocycles. The van der Waals surface area contributed by atoms with E-state index in [2.05, 4.69) is 6.92 Å². The lowest BCUT2D eigenvalue weighted by Gasteiger charge is -2.01. The monoisotopic (exact) mass is 156 g/mol. The van der Waals surface area contributed by atoms with Gasteiger partial charge in [-0.25, -0.2) is 0 Å². The molecule has 0 saturated carbocycles. The summed E-state index contributed by atoms with van der Waals surface area (Å²) in [4.78, 5) is 10.7. The van der Waals surface area contributed by atoms with E-state index in [1.807, 2.05) is 0 Å². The van der Waals surface area contributed by atoms with Gasteiger partial charge in [0.15, 0.2) is 0 Å². The molecule has 0 aliphatic carbocycles. The molecule has 1 N–H and O–H groups in total. The van der Waals surface area contributed by atoms with Crippen LogP contribution in [0.1, 0.15) is 33.1 Å². The van der Waals surface area contributed by atoms with Gasteiger partial charge in [-0.3, -0.25) is 4.79 Å². The Morgan fingerprint density at radius 3 is 2.55 bits per heavy atom. The fourth-order valence-electron chi connectivity index (χ4n) is 1.03. The van der Waals surface area contributed by atoms with Gasteiger partial charge in [0.05, 0.1) is 6.61 Å². The number of carbonyl (C=O) groups excluding carboxylic acids is 1. The third-order valence-electron chi connectivity index (χ3n) is 1.43. The lowest BCUT2D eigenvalue weighted by Crippen LogP contribution is -1.94. The van der Waals surface area contributed by atoms with Gasteiger partial charge in [0.2, 0.25) is 0 Å². The Bertz CT molecular complexity index is 148. The first kappa shape index (κ1) is 10.4. The minimum Gasteiger partial charge on any atom is -0.392 e. The van der Waals surface area contributed by atoms with Crippen molar-refractivity contribution in [1.29, 1.82) is 0 Å². The Morgan fingerprint density at radius 1 is 1.55 bits per heavy atom. The minimum atomic E-state index is 0.0443. The minimum absolute atomic E-state index is 0.0443. The molecule has 0 saturated heterocycles. The maximum Gasteiger partial charge on any atom is 0.133 e. The summed E-state index contributed by atoms with van der Waals surface area (Å²) in [7, 11) is 0. The molecular formula is C9H16O2. The predicted molar refractivity (Wildman–Crippen MR) is 45.4 cm³/mol. The normalized spacial score (nSPS) is 11.7. The van der Waals surface area contributed by atoms with Crippen molar-refractivity contribution in [2.45, 2.75) is 33.1 Å². The number of ketones is 1. The summed E-state index contributed by atoms with van der Waals surface area (Å²) in [6.45, 7) is 3.68. The lowest BCUT2D eigenvalue weighted by molar-refractivity contribution is -0.116. The van der Waals surface area contributed by atoms with Gasteiger partial charge in [0.25, 0.3) is 0 Å². The Morgan fingerprint density at radius 2 is 2.18 bits per heavy atom. The molecule has 0 atom stereocenters. The number of aliphatic hydroxyl groups excluding tert-OH is 1. The lowest BCUT2D eigenvalue weighted by atomic mass is 10.1. The molecule has 64 valence electrons. The molecule has 0 heterocycles. The molecule has 0 spiro atoms. The number of allylic oxidation sites excluding steroid dienone is 1. The Kier molecular flexibility index (Phi) is 5.75. The van der Waals surface area contributed by atoms with Crippen molar-refractivity contribution in [2.75, 3.05) is 6.61 Å². The van der Waals surface area contributed by atoms with E-state index in [0.29, 0.717) is 6.42 Å². The van der Waals surface area contributed by atoms with Gasteiger partial charge in [-0.2, -0.15) is 0 Å². The van der Waals surface area contributed by atoms with Crippen LogP contribution in [0.5, 0.6) is 0 Å². The van der Waals surface area contributed by atoms with Crippen molar-refractivity contribution in [1.82, 2.24) is 0 Å². The summed E-state index contributed by atoms with van der Waals surface area (Å²) in [6.07, 6.45) is 4.17. The highest BCUT2D eigenvalue weighted by atomic mass is 16.2. The highest BCUT2D eigenvalue weighted by Gasteiger charge is 1.98. The van der Waals surface area contributed by atoms with Crippen LogP contribution in [0.15, 0.2) is 11.6 Å². The van der Waals surface area contributed by atoms with E-state index in [1.165, 1.54) is 0 Å². The van der Waals surface area contributed by atoms with Crippen molar-refractivity contribution < 1.29 is 9.90 Å². The molecule has 0 aromatic carbocycles. The van der Waals surface area contributed by atoms with E-state index >= 15 is 0 Å². The number of carbonyl (C=O) groups is 1. The average molecular weight is 156 g/mol. The molecule has 0 rings (SSSR count). The molecule has 0 aliphatic rings. The standard InChI is InChI=1S/C9H16O2/c1-3-4-9(5-6-10)7-8(2)11/h5,10H,3-4,6-7H2,1-2H3/b9-5-. The highest BCUT2D eigenvalue weighted by Crippen LogP contribution is 2.09. The molecule has 0 aromatic heterocycles. The summed E-state index contributed by atoms with van der Waals surface area (Å²) in [5.41, 5.74) is 1.06. The number of hydrogen-bond donors (Lipinski definition) is 1. The Balaban J connectivity index is 3.89. The SMILES string of the molecule is CCC/C(=C/CO)CC(C)=O. The maximum atomic E-state index is 10.7. The summed E-state index contributed by atoms with van der Waals surface area (Å²) in [5.74, 6) is 0.165. The van der Waals surface area contributed by atoms with Crippen molar-refractivity contribution in [3.8, 4) is 0 Å². The molecular weight excluding hydrogens is 140 g/mol. The van der Waals surface area contributed by atoms with Crippen LogP contribution in [-0.2, 0) is 4.79 Å². The zero-order valence-electron chi connectivity index (χ0n) is 7.26. The van der Waals surface area contributed by atoms with Gasteiger partial charge in [-0.15, -0.1) is 0 Å². The number of hydrogen-bond acceptors (Lipinski definition) is 2. The average Bonchev–Trinajstić information content (AvgIpc) is 1.87. The molecule has 11 heavy (non-hydrogen) atoms. The predicted octanol–water partition coefficient (Wildman–Crippen LogP) is 1.68. The van der Waals surface area contributed by atoms with Gasteiger partial charge in [-0.05, 0) is 13.3 Å². The molecule has 0 radical (unpaired) electrons. The summed E-state index contributed by atoms with van der Waals surface area (Å²) in [6, 6.07) is 0. The quantitative estimate of drug-likeness (QED) is 0.615. The fraction of sp³-hybridized carbons (Fsp3) is 0.667. The van der Waals surface area contributed by atoms with Crippen LogP contribution < -0.4 is 0 Å². The number of Topliss-reactive ketones (excluding diaryl/α,β-unsaturated/α-hetero) is 1. The molecule has 2 nitrogen and oxygen atoms in total. The molecule has 0 aromatic rings. The van der Waals surface area contributed by atoms with Crippen molar-refractivity contribution in [3.63, 3.8) is 0 Å². The van der Waals surface area contributed by atoms with Crippen LogP contribution in [0.25, 0.3) is 0 Å². The van der Waals surface area contributed by atoms with E-state index in [-0.39, 0.29) is 12.4 Å². The first-order valence-corrected chi connectivity index (χ1v) is 3.99. The van der Waals surface area contributed by atoms with E-state index in [9.17, 15) is 4.79 Å². The van der Waals surface area contributed by atoms with Gasteiger partial charge in [0.1, 0.15) is 5.78 Å². The summed E-state index contributed by atoms with van der Waals surface area (Å²) in [5, 5.41) is 8.59. The molecule has 0 fully saturated rings. The van der Waals surface area contributed by atoms with Crippen molar-refractivity contribution >= 4 is 5.78 Å². The van der Waals surface area contributed by atoms with Gasteiger partial charge < -0.3 is 5.11 Å². The van der Waals surface area contributed by atoms with Crippen LogP contribution in [0.3, 0.4) is 0 Å². The third kappa shape index (κ3) is 5.80. The van der Waals surface area contributed by atoms with E-state index in [1.54, 1.807) is 13.0 Å². The van der Waals surface area contributed by atoms with E-state index in [4.69, 9.17) is 5.11 Å². The van der Waals surface area contributed by atoms with Crippen LogP contribution >= 0.6 is 0 Å². The molecule has 0 amide bonds. The van der Waals surface area contributed by atoms with Crippen LogP contribution in [0.4, 0.5) is 0 Å². The van der Waals surface area contributed by atoms with E-state index < -0.39 is 0 Å². The molecule has 2 heteroatoms. The maximum absolute atomic E-state index is 10.7. The molecule has 0 bridgehead atoms. The van der Waals surface area contributed by atoms with Crippen LogP contribution in [0.2, 0.25) is 0 Å². The summed E-state index contributed by atoms with van der Waals surface area (Å²) < 4.78 is 0. The number of rotatable bonds is 5. The Labute approximate surface area is 67.9 Å². The first-order chi connectivity index (χ1) is 5.20. The first-order valence-electron chi connectivity index (χ1n) is 3.99. The third-order valence-corrected chi connectivity index (χ3v) is 1.43. The smallest absolute Gasteiger partial charge is 0.133 e. The highest BCUT2D eigenvalue weighted by molar-refractivity contribution is 5.78. The van der Waals surface area contributed by atoms with E-state index in [0.717, 1.165) is 18.4 Å². The molecule has 0 unspecified atom stereocenters.